The third kappa shape index (κ3) is 3.59. The lowest BCUT2D eigenvalue weighted by atomic mass is 9.96. The number of benzene rings is 1. The second kappa shape index (κ2) is 5.64. The van der Waals surface area contributed by atoms with Gasteiger partial charge in [0.05, 0.1) is 0 Å². The highest BCUT2D eigenvalue weighted by Gasteiger charge is 2.19. The number of halogens is 1. The van der Waals surface area contributed by atoms with Gasteiger partial charge in [0.2, 0.25) is 0 Å². The van der Waals surface area contributed by atoms with Crippen LogP contribution in [0.15, 0.2) is 30.3 Å². The SMILES string of the molecule is CC(C)(C)c1nc(NN)cc(Nc2ccc(Cl)cc2)n1. The zero-order chi connectivity index (χ0) is 14.8. The van der Waals surface area contributed by atoms with Gasteiger partial charge in [-0.2, -0.15) is 0 Å². The number of nitrogen functional groups attached to an aromatic ring is 1. The van der Waals surface area contributed by atoms with E-state index in [2.05, 4.69) is 41.5 Å². The summed E-state index contributed by atoms with van der Waals surface area (Å²) in [6.45, 7) is 6.15. The molecule has 1 aromatic heterocycles. The van der Waals surface area contributed by atoms with Crippen molar-refractivity contribution in [2.24, 2.45) is 5.84 Å². The van der Waals surface area contributed by atoms with Gasteiger partial charge in [-0.25, -0.2) is 15.8 Å². The van der Waals surface area contributed by atoms with Gasteiger partial charge in [-0.15, -0.1) is 0 Å². The molecule has 0 aliphatic heterocycles. The summed E-state index contributed by atoms with van der Waals surface area (Å²) in [5.74, 6) is 7.42. The molecule has 0 atom stereocenters. The largest absolute Gasteiger partial charge is 0.340 e. The minimum atomic E-state index is -0.163. The van der Waals surface area contributed by atoms with Crippen LogP contribution in [0, 0.1) is 0 Å². The molecule has 2 aromatic rings. The summed E-state index contributed by atoms with van der Waals surface area (Å²) < 4.78 is 0. The van der Waals surface area contributed by atoms with Gasteiger partial charge in [0.15, 0.2) is 0 Å². The van der Waals surface area contributed by atoms with Crippen molar-refractivity contribution in [3.63, 3.8) is 0 Å². The Balaban J connectivity index is 2.33. The summed E-state index contributed by atoms with van der Waals surface area (Å²) in [5.41, 5.74) is 3.30. The van der Waals surface area contributed by atoms with Gasteiger partial charge in [-0.1, -0.05) is 32.4 Å². The number of aromatic nitrogens is 2. The van der Waals surface area contributed by atoms with Crippen molar-refractivity contribution in [1.29, 1.82) is 0 Å². The number of hydrazine groups is 1. The van der Waals surface area contributed by atoms with Gasteiger partial charge in [0.1, 0.15) is 17.5 Å². The van der Waals surface area contributed by atoms with Crippen LogP contribution in [0.1, 0.15) is 26.6 Å². The first kappa shape index (κ1) is 14.6. The predicted molar refractivity (Wildman–Crippen MR) is 83.3 cm³/mol. The van der Waals surface area contributed by atoms with Gasteiger partial charge in [0, 0.05) is 22.2 Å². The van der Waals surface area contributed by atoms with E-state index in [1.54, 1.807) is 6.07 Å². The molecule has 0 saturated heterocycles. The first-order valence-electron chi connectivity index (χ1n) is 6.27. The fourth-order valence-electron chi connectivity index (χ4n) is 1.60. The van der Waals surface area contributed by atoms with Crippen molar-refractivity contribution in [3.8, 4) is 0 Å². The van der Waals surface area contributed by atoms with E-state index in [9.17, 15) is 0 Å². The summed E-state index contributed by atoms with van der Waals surface area (Å²) in [6.07, 6.45) is 0. The van der Waals surface area contributed by atoms with E-state index in [-0.39, 0.29) is 5.41 Å². The van der Waals surface area contributed by atoms with Crippen LogP contribution in [0.3, 0.4) is 0 Å². The van der Waals surface area contributed by atoms with E-state index >= 15 is 0 Å². The lowest BCUT2D eigenvalue weighted by Crippen LogP contribution is -2.19. The zero-order valence-corrected chi connectivity index (χ0v) is 12.5. The molecule has 0 fully saturated rings. The van der Waals surface area contributed by atoms with E-state index in [1.807, 2.05) is 24.3 Å². The summed E-state index contributed by atoms with van der Waals surface area (Å²) in [4.78, 5) is 8.89. The van der Waals surface area contributed by atoms with Crippen LogP contribution in [0.25, 0.3) is 0 Å². The smallest absolute Gasteiger partial charge is 0.145 e. The molecule has 0 unspecified atom stereocenters. The Morgan fingerprint density at radius 2 is 1.65 bits per heavy atom. The molecule has 2 rings (SSSR count). The van der Waals surface area contributed by atoms with Crippen molar-refractivity contribution in [1.82, 2.24) is 9.97 Å². The highest BCUT2D eigenvalue weighted by atomic mass is 35.5. The third-order valence-corrected chi connectivity index (χ3v) is 2.91. The molecule has 0 spiro atoms. The highest BCUT2D eigenvalue weighted by Crippen LogP contribution is 2.24. The van der Waals surface area contributed by atoms with Crippen molar-refractivity contribution in [2.45, 2.75) is 26.2 Å². The fourth-order valence-corrected chi connectivity index (χ4v) is 1.73. The average molecular weight is 292 g/mol. The van der Waals surface area contributed by atoms with Crippen molar-refractivity contribution >= 4 is 28.9 Å². The second-order valence-corrected chi connectivity index (χ2v) is 5.92. The summed E-state index contributed by atoms with van der Waals surface area (Å²) >= 11 is 5.87. The van der Waals surface area contributed by atoms with Crippen LogP contribution in [-0.4, -0.2) is 9.97 Å². The van der Waals surface area contributed by atoms with Crippen LogP contribution in [0.4, 0.5) is 17.3 Å². The lowest BCUT2D eigenvalue weighted by Gasteiger charge is -2.18. The minimum absolute atomic E-state index is 0.163. The van der Waals surface area contributed by atoms with E-state index in [1.165, 1.54) is 0 Å². The topological polar surface area (TPSA) is 75.9 Å². The number of hydrogen-bond acceptors (Lipinski definition) is 5. The number of hydrogen-bond donors (Lipinski definition) is 3. The minimum Gasteiger partial charge on any atom is -0.340 e. The molecule has 0 amide bonds. The van der Waals surface area contributed by atoms with E-state index in [4.69, 9.17) is 17.4 Å². The number of anilines is 3. The Kier molecular flexibility index (Phi) is 4.11. The third-order valence-electron chi connectivity index (χ3n) is 2.66. The summed E-state index contributed by atoms with van der Waals surface area (Å²) in [6, 6.07) is 9.16. The first-order valence-corrected chi connectivity index (χ1v) is 6.65. The molecule has 0 saturated carbocycles. The molecule has 1 heterocycles. The Bertz CT molecular complexity index is 590. The Labute approximate surface area is 123 Å². The maximum absolute atomic E-state index is 5.87. The maximum atomic E-state index is 5.87. The monoisotopic (exact) mass is 291 g/mol. The van der Waals surface area contributed by atoms with E-state index in [0.29, 0.717) is 22.5 Å². The van der Waals surface area contributed by atoms with Crippen LogP contribution < -0.4 is 16.6 Å². The number of rotatable bonds is 3. The normalized spacial score (nSPS) is 11.2. The van der Waals surface area contributed by atoms with Gasteiger partial charge in [0.25, 0.3) is 0 Å². The zero-order valence-electron chi connectivity index (χ0n) is 11.7. The maximum Gasteiger partial charge on any atom is 0.145 e. The number of nitrogens with zero attached hydrogens (tertiary/aromatic N) is 2. The Hall–Kier alpha value is -1.85. The van der Waals surface area contributed by atoms with Gasteiger partial charge in [-0.3, -0.25) is 0 Å². The average Bonchev–Trinajstić information content (AvgIpc) is 2.40. The van der Waals surface area contributed by atoms with Crippen LogP contribution >= 0.6 is 11.6 Å². The molecular weight excluding hydrogens is 274 g/mol. The van der Waals surface area contributed by atoms with Crippen molar-refractivity contribution < 1.29 is 0 Å². The molecule has 0 radical (unpaired) electrons. The lowest BCUT2D eigenvalue weighted by molar-refractivity contribution is 0.547. The van der Waals surface area contributed by atoms with Crippen molar-refractivity contribution in [3.05, 3.63) is 41.2 Å². The standard InChI is InChI=1S/C14H18ClN5/c1-14(2,3)13-18-11(8-12(19-13)20-16)17-10-6-4-9(15)5-7-10/h4-8H,16H2,1-3H3,(H2,17,18,19,20). The quantitative estimate of drug-likeness (QED) is 0.596. The first-order chi connectivity index (χ1) is 9.38. The number of nitrogens with one attached hydrogen (secondary N) is 2. The second-order valence-electron chi connectivity index (χ2n) is 5.49. The van der Waals surface area contributed by atoms with Crippen LogP contribution in [-0.2, 0) is 5.41 Å². The molecule has 106 valence electrons. The summed E-state index contributed by atoms with van der Waals surface area (Å²) in [5, 5.41) is 3.91. The van der Waals surface area contributed by atoms with Crippen LogP contribution in [0.2, 0.25) is 5.02 Å². The van der Waals surface area contributed by atoms with Gasteiger partial charge >= 0.3 is 0 Å². The molecular formula is C14H18ClN5. The molecule has 6 heteroatoms. The molecule has 0 aliphatic rings. The molecule has 5 nitrogen and oxygen atoms in total. The van der Waals surface area contributed by atoms with Crippen LogP contribution in [0.5, 0.6) is 0 Å². The highest BCUT2D eigenvalue weighted by molar-refractivity contribution is 6.30. The number of nitrogens with two attached hydrogens (primary N) is 1. The molecule has 0 aliphatic carbocycles. The van der Waals surface area contributed by atoms with Gasteiger partial charge in [-0.05, 0) is 24.3 Å². The Morgan fingerprint density at radius 3 is 2.20 bits per heavy atom. The Morgan fingerprint density at radius 1 is 1.05 bits per heavy atom. The summed E-state index contributed by atoms with van der Waals surface area (Å²) in [7, 11) is 0. The van der Waals surface area contributed by atoms with E-state index in [0.717, 1.165) is 5.69 Å². The molecule has 1 aromatic carbocycles. The molecule has 0 bridgehead atoms. The van der Waals surface area contributed by atoms with Crippen molar-refractivity contribution in [2.75, 3.05) is 10.7 Å². The molecule has 20 heavy (non-hydrogen) atoms. The fraction of sp³-hybridized carbons (Fsp3) is 0.286. The van der Waals surface area contributed by atoms with Gasteiger partial charge < -0.3 is 10.7 Å². The molecule has 4 N–H and O–H groups in total. The predicted octanol–water partition coefficient (Wildman–Crippen LogP) is 3.46. The van der Waals surface area contributed by atoms with E-state index < -0.39 is 0 Å².